The van der Waals surface area contributed by atoms with Crippen molar-refractivity contribution in [1.29, 1.82) is 0 Å². The van der Waals surface area contributed by atoms with E-state index in [9.17, 15) is 9.18 Å². The summed E-state index contributed by atoms with van der Waals surface area (Å²) in [6, 6.07) is 23.1. The Morgan fingerprint density at radius 3 is 2.55 bits per heavy atom. The molecule has 0 bridgehead atoms. The minimum absolute atomic E-state index is 0.0547. The fourth-order valence-electron chi connectivity index (χ4n) is 4.70. The van der Waals surface area contributed by atoms with E-state index in [4.69, 9.17) is 11.6 Å². The van der Waals surface area contributed by atoms with Crippen molar-refractivity contribution >= 4 is 17.5 Å². The van der Waals surface area contributed by atoms with Gasteiger partial charge in [-0.25, -0.2) is 4.39 Å². The van der Waals surface area contributed by atoms with E-state index in [0.717, 1.165) is 34.7 Å². The molecule has 1 fully saturated rings. The van der Waals surface area contributed by atoms with Crippen LogP contribution in [0.1, 0.15) is 47.6 Å². The number of nitrogens with one attached hydrogen (secondary N) is 1. The molecule has 5 heteroatoms. The summed E-state index contributed by atoms with van der Waals surface area (Å²) < 4.78 is 13.9. The van der Waals surface area contributed by atoms with Crippen LogP contribution in [-0.2, 0) is 11.3 Å². The van der Waals surface area contributed by atoms with Gasteiger partial charge in [0.1, 0.15) is 5.82 Å². The number of rotatable bonds is 6. The Hall–Kier alpha value is -2.69. The molecule has 1 heterocycles. The molecule has 0 aromatic heterocycles. The van der Waals surface area contributed by atoms with Crippen molar-refractivity contribution in [2.75, 3.05) is 13.1 Å². The Morgan fingerprint density at radius 2 is 1.82 bits per heavy atom. The van der Waals surface area contributed by atoms with Crippen LogP contribution in [0.25, 0.3) is 0 Å². The fourth-order valence-corrected chi connectivity index (χ4v) is 4.89. The SMILES string of the molecule is Cc1cc(C2CC(C(=O)NC(C)c3ccccc3)CN(Cc3ccccc3Cl)C2)ccc1F. The van der Waals surface area contributed by atoms with Crippen LogP contribution >= 0.6 is 11.6 Å². The monoisotopic (exact) mass is 464 g/mol. The Morgan fingerprint density at radius 1 is 1.09 bits per heavy atom. The topological polar surface area (TPSA) is 32.3 Å². The minimum atomic E-state index is -0.200. The smallest absolute Gasteiger partial charge is 0.224 e. The number of benzene rings is 3. The number of amides is 1. The van der Waals surface area contributed by atoms with Gasteiger partial charge in [-0.2, -0.15) is 0 Å². The van der Waals surface area contributed by atoms with Crippen LogP contribution in [0, 0.1) is 18.7 Å². The third-order valence-electron chi connectivity index (χ3n) is 6.56. The lowest BCUT2D eigenvalue weighted by Crippen LogP contribution is -2.45. The number of carbonyl (C=O) groups excluding carboxylic acids is 1. The first kappa shape index (κ1) is 23.5. The predicted molar refractivity (Wildman–Crippen MR) is 132 cm³/mol. The van der Waals surface area contributed by atoms with Gasteiger partial charge in [0, 0.05) is 24.7 Å². The van der Waals surface area contributed by atoms with Crippen molar-refractivity contribution < 1.29 is 9.18 Å². The van der Waals surface area contributed by atoms with E-state index >= 15 is 0 Å². The lowest BCUT2D eigenvalue weighted by molar-refractivity contribution is -0.127. The van der Waals surface area contributed by atoms with E-state index in [1.807, 2.05) is 73.7 Å². The highest BCUT2D eigenvalue weighted by Crippen LogP contribution is 2.33. The van der Waals surface area contributed by atoms with E-state index in [0.29, 0.717) is 18.7 Å². The zero-order valence-electron chi connectivity index (χ0n) is 19.1. The third kappa shape index (κ3) is 5.82. The van der Waals surface area contributed by atoms with Crippen LogP contribution in [0.15, 0.2) is 72.8 Å². The van der Waals surface area contributed by atoms with Gasteiger partial charge in [-0.05, 0) is 60.6 Å². The quantitative estimate of drug-likeness (QED) is 0.466. The Kier molecular flexibility index (Phi) is 7.46. The zero-order chi connectivity index (χ0) is 23.4. The number of halogens is 2. The molecule has 0 spiro atoms. The van der Waals surface area contributed by atoms with Gasteiger partial charge in [-0.15, -0.1) is 0 Å². The van der Waals surface area contributed by atoms with E-state index in [1.165, 1.54) is 6.07 Å². The molecule has 1 N–H and O–H groups in total. The number of aryl methyl sites for hydroxylation is 1. The van der Waals surface area contributed by atoms with Gasteiger partial charge in [-0.1, -0.05) is 72.3 Å². The number of hydrogen-bond donors (Lipinski definition) is 1. The van der Waals surface area contributed by atoms with Crippen LogP contribution in [0.5, 0.6) is 0 Å². The molecule has 172 valence electrons. The molecule has 33 heavy (non-hydrogen) atoms. The Bertz CT molecular complexity index is 1100. The van der Waals surface area contributed by atoms with Crippen LogP contribution in [0.3, 0.4) is 0 Å². The number of carbonyl (C=O) groups is 1. The molecule has 3 aromatic rings. The molecule has 1 aliphatic heterocycles. The summed E-state index contributed by atoms with van der Waals surface area (Å²) in [4.78, 5) is 15.6. The maximum atomic E-state index is 13.9. The predicted octanol–water partition coefficient (Wildman–Crippen LogP) is 6.27. The van der Waals surface area contributed by atoms with Gasteiger partial charge in [0.2, 0.25) is 5.91 Å². The van der Waals surface area contributed by atoms with Crippen LogP contribution < -0.4 is 5.32 Å². The van der Waals surface area contributed by atoms with E-state index in [1.54, 1.807) is 6.92 Å². The molecule has 4 rings (SSSR count). The molecule has 0 saturated carbocycles. The van der Waals surface area contributed by atoms with Crippen molar-refractivity contribution in [1.82, 2.24) is 10.2 Å². The van der Waals surface area contributed by atoms with Crippen molar-refractivity contribution in [2.45, 2.75) is 38.8 Å². The second kappa shape index (κ2) is 10.5. The molecule has 3 atom stereocenters. The van der Waals surface area contributed by atoms with Crippen molar-refractivity contribution in [3.05, 3.63) is 106 Å². The number of nitrogens with zero attached hydrogens (tertiary/aromatic N) is 1. The summed E-state index contributed by atoms with van der Waals surface area (Å²) in [5.74, 6) is -0.168. The lowest BCUT2D eigenvalue weighted by Gasteiger charge is -2.38. The molecule has 3 unspecified atom stereocenters. The number of hydrogen-bond acceptors (Lipinski definition) is 2. The lowest BCUT2D eigenvalue weighted by atomic mass is 9.83. The molecule has 1 aliphatic rings. The second-order valence-corrected chi connectivity index (χ2v) is 9.47. The third-order valence-corrected chi connectivity index (χ3v) is 6.93. The molecule has 1 amide bonds. The van der Waals surface area contributed by atoms with Crippen molar-refractivity contribution in [2.24, 2.45) is 5.92 Å². The largest absolute Gasteiger partial charge is 0.349 e. The molecule has 3 aromatic carbocycles. The Balaban J connectivity index is 1.55. The first-order chi connectivity index (χ1) is 15.9. The standard InChI is InChI=1S/C28H30ClFN2O/c1-19-14-22(12-13-27(19)30)24-15-25(28(33)31-20(2)21-8-4-3-5-9-21)18-32(17-24)16-23-10-6-7-11-26(23)29/h3-14,20,24-25H,15-18H2,1-2H3,(H,31,33). The van der Waals surface area contributed by atoms with E-state index < -0.39 is 0 Å². The maximum absolute atomic E-state index is 13.9. The minimum Gasteiger partial charge on any atom is -0.349 e. The van der Waals surface area contributed by atoms with Gasteiger partial charge in [0.15, 0.2) is 0 Å². The number of likely N-dealkylation sites (tertiary alicyclic amines) is 1. The van der Waals surface area contributed by atoms with Gasteiger partial charge in [-0.3, -0.25) is 9.69 Å². The fraction of sp³-hybridized carbons (Fsp3) is 0.321. The highest BCUT2D eigenvalue weighted by atomic mass is 35.5. The molecule has 0 radical (unpaired) electrons. The van der Waals surface area contributed by atoms with Crippen LogP contribution in [-0.4, -0.2) is 23.9 Å². The van der Waals surface area contributed by atoms with Crippen molar-refractivity contribution in [3.8, 4) is 0 Å². The highest BCUT2D eigenvalue weighted by molar-refractivity contribution is 6.31. The van der Waals surface area contributed by atoms with Gasteiger partial charge in [0.05, 0.1) is 12.0 Å². The Labute approximate surface area is 200 Å². The summed E-state index contributed by atoms with van der Waals surface area (Å²) >= 11 is 6.42. The summed E-state index contributed by atoms with van der Waals surface area (Å²) in [5.41, 5.74) is 3.84. The van der Waals surface area contributed by atoms with Gasteiger partial charge >= 0.3 is 0 Å². The van der Waals surface area contributed by atoms with Gasteiger partial charge in [0.25, 0.3) is 0 Å². The summed E-state index contributed by atoms with van der Waals surface area (Å²) in [5, 5.41) is 3.93. The zero-order valence-corrected chi connectivity index (χ0v) is 19.9. The average molecular weight is 465 g/mol. The molecule has 3 nitrogen and oxygen atoms in total. The van der Waals surface area contributed by atoms with Crippen LogP contribution in [0.4, 0.5) is 4.39 Å². The molecule has 0 aliphatic carbocycles. The normalized spacial score (nSPS) is 19.8. The highest BCUT2D eigenvalue weighted by Gasteiger charge is 2.33. The molecular formula is C28H30ClFN2O. The van der Waals surface area contributed by atoms with E-state index in [-0.39, 0.29) is 29.6 Å². The summed E-state index contributed by atoms with van der Waals surface area (Å²) in [7, 11) is 0. The first-order valence-electron chi connectivity index (χ1n) is 11.5. The second-order valence-electron chi connectivity index (χ2n) is 9.06. The number of piperidine rings is 1. The first-order valence-corrected chi connectivity index (χ1v) is 11.9. The molecule has 1 saturated heterocycles. The van der Waals surface area contributed by atoms with Crippen molar-refractivity contribution in [3.63, 3.8) is 0 Å². The maximum Gasteiger partial charge on any atom is 0.224 e. The van der Waals surface area contributed by atoms with E-state index in [2.05, 4.69) is 10.2 Å². The molecular weight excluding hydrogens is 435 g/mol. The van der Waals surface area contributed by atoms with Gasteiger partial charge < -0.3 is 5.32 Å². The van der Waals surface area contributed by atoms with Crippen LogP contribution in [0.2, 0.25) is 5.02 Å². The summed E-state index contributed by atoms with van der Waals surface area (Å²) in [6.07, 6.45) is 0.734. The summed E-state index contributed by atoms with van der Waals surface area (Å²) in [6.45, 7) is 5.94. The average Bonchev–Trinajstić information content (AvgIpc) is 2.82.